The van der Waals surface area contributed by atoms with Crippen molar-refractivity contribution in [3.8, 4) is 5.75 Å². The van der Waals surface area contributed by atoms with Crippen LogP contribution in [0.3, 0.4) is 0 Å². The predicted molar refractivity (Wildman–Crippen MR) is 109 cm³/mol. The van der Waals surface area contributed by atoms with Gasteiger partial charge in [-0.2, -0.15) is 0 Å². The number of aliphatic hydroxyl groups is 1. The van der Waals surface area contributed by atoms with Crippen molar-refractivity contribution in [3.63, 3.8) is 0 Å². The van der Waals surface area contributed by atoms with Crippen LogP contribution in [0.4, 0.5) is 0 Å². The van der Waals surface area contributed by atoms with Crippen molar-refractivity contribution in [3.05, 3.63) is 84.0 Å². The first-order valence-electron chi connectivity index (χ1n) is 9.25. The molecule has 0 aromatic heterocycles. The first kappa shape index (κ1) is 20.4. The van der Waals surface area contributed by atoms with E-state index in [1.807, 2.05) is 30.3 Å². The van der Waals surface area contributed by atoms with E-state index < -0.39 is 17.7 Å². The van der Waals surface area contributed by atoms with Crippen molar-refractivity contribution in [1.29, 1.82) is 0 Å². The van der Waals surface area contributed by atoms with Gasteiger partial charge >= 0.3 is 0 Å². The summed E-state index contributed by atoms with van der Waals surface area (Å²) in [5, 5.41) is 10.9. The largest absolute Gasteiger partial charge is 0.507 e. The van der Waals surface area contributed by atoms with Crippen LogP contribution in [0.15, 0.2) is 72.8 Å². The molecule has 1 fully saturated rings. The van der Waals surface area contributed by atoms with Gasteiger partial charge in [0.15, 0.2) is 0 Å². The molecule has 3 rings (SSSR count). The number of carbonyl (C=O) groups excluding carboxylic acids is 2. The van der Waals surface area contributed by atoms with Gasteiger partial charge in [-0.25, -0.2) is 0 Å². The van der Waals surface area contributed by atoms with E-state index in [2.05, 4.69) is 6.58 Å². The molecule has 1 atom stereocenters. The molecule has 0 spiro atoms. The molecule has 1 saturated heterocycles. The molecule has 0 radical (unpaired) electrons. The Morgan fingerprint density at radius 1 is 1.14 bits per heavy atom. The zero-order valence-electron chi connectivity index (χ0n) is 16.2. The molecule has 6 heteroatoms. The number of amides is 1. The lowest BCUT2D eigenvalue weighted by Crippen LogP contribution is -2.32. The molecule has 1 heterocycles. The topological polar surface area (TPSA) is 76.1 Å². The minimum absolute atomic E-state index is 0.0667. The van der Waals surface area contributed by atoms with Gasteiger partial charge in [0, 0.05) is 19.2 Å². The fraction of sp³-hybridized carbons (Fsp3) is 0.217. The van der Waals surface area contributed by atoms with Crippen LogP contribution in [-0.4, -0.2) is 48.6 Å². The van der Waals surface area contributed by atoms with Crippen molar-refractivity contribution in [2.45, 2.75) is 6.04 Å². The summed E-state index contributed by atoms with van der Waals surface area (Å²) in [5.41, 5.74) is 1.24. The number of nitrogens with zero attached hydrogens (tertiary/aromatic N) is 1. The van der Waals surface area contributed by atoms with Crippen LogP contribution in [0.25, 0.3) is 5.76 Å². The second-order valence-electron chi connectivity index (χ2n) is 6.52. The van der Waals surface area contributed by atoms with Gasteiger partial charge in [-0.1, -0.05) is 43.0 Å². The molecule has 150 valence electrons. The fourth-order valence-corrected chi connectivity index (χ4v) is 3.30. The maximum absolute atomic E-state index is 12.8. The van der Waals surface area contributed by atoms with Gasteiger partial charge in [0.1, 0.15) is 18.1 Å². The standard InChI is InChI=1S/C23H23NO5/c1-3-14-29-18-11-9-17(10-12-18)21(25)19-20(16-7-5-4-6-8-16)24(13-15-28-2)23(27)22(19)26/h3-12,20,25H,1,13-15H2,2H3/t20-/m0/s1. The lowest BCUT2D eigenvalue weighted by atomic mass is 9.95. The zero-order valence-corrected chi connectivity index (χ0v) is 16.2. The quantitative estimate of drug-likeness (QED) is 0.322. The summed E-state index contributed by atoms with van der Waals surface area (Å²) < 4.78 is 10.5. The molecule has 0 unspecified atom stereocenters. The summed E-state index contributed by atoms with van der Waals surface area (Å²) in [6.45, 7) is 4.49. The van der Waals surface area contributed by atoms with Crippen molar-refractivity contribution in [2.24, 2.45) is 0 Å². The molecular weight excluding hydrogens is 370 g/mol. The van der Waals surface area contributed by atoms with Gasteiger partial charge in [0.05, 0.1) is 18.2 Å². The second-order valence-corrected chi connectivity index (χ2v) is 6.52. The number of rotatable bonds is 8. The van der Waals surface area contributed by atoms with E-state index in [9.17, 15) is 14.7 Å². The van der Waals surface area contributed by atoms with E-state index in [4.69, 9.17) is 9.47 Å². The molecule has 29 heavy (non-hydrogen) atoms. The van der Waals surface area contributed by atoms with Crippen molar-refractivity contribution >= 4 is 17.4 Å². The highest BCUT2D eigenvalue weighted by Gasteiger charge is 2.45. The molecule has 0 aliphatic carbocycles. The Morgan fingerprint density at radius 2 is 1.83 bits per heavy atom. The zero-order chi connectivity index (χ0) is 20.8. The average Bonchev–Trinajstić information content (AvgIpc) is 3.01. The summed E-state index contributed by atoms with van der Waals surface area (Å²) in [6.07, 6.45) is 1.63. The average molecular weight is 393 g/mol. The highest BCUT2D eigenvalue weighted by atomic mass is 16.5. The lowest BCUT2D eigenvalue weighted by molar-refractivity contribution is -0.140. The van der Waals surface area contributed by atoms with Crippen molar-refractivity contribution in [1.82, 2.24) is 4.90 Å². The third-order valence-corrected chi connectivity index (χ3v) is 4.69. The van der Waals surface area contributed by atoms with E-state index >= 15 is 0 Å². The SMILES string of the molecule is C=CCOc1ccc(C(O)=C2C(=O)C(=O)N(CCOC)[C@H]2c2ccccc2)cc1. The first-order valence-corrected chi connectivity index (χ1v) is 9.25. The summed E-state index contributed by atoms with van der Waals surface area (Å²) in [7, 11) is 1.53. The Labute approximate surface area is 169 Å². The molecule has 0 bridgehead atoms. The van der Waals surface area contributed by atoms with Gasteiger partial charge < -0.3 is 19.5 Å². The van der Waals surface area contributed by atoms with Crippen LogP contribution in [0.1, 0.15) is 17.2 Å². The Hall–Kier alpha value is -3.38. The number of hydrogen-bond donors (Lipinski definition) is 1. The summed E-state index contributed by atoms with van der Waals surface area (Å²) in [6, 6.07) is 15.2. The van der Waals surface area contributed by atoms with Crippen LogP contribution in [0.5, 0.6) is 5.75 Å². The second kappa shape index (κ2) is 9.21. The number of aliphatic hydroxyl groups excluding tert-OH is 1. The van der Waals surface area contributed by atoms with Gasteiger partial charge in [-0.3, -0.25) is 9.59 Å². The van der Waals surface area contributed by atoms with Gasteiger partial charge in [0.25, 0.3) is 11.7 Å². The van der Waals surface area contributed by atoms with E-state index in [0.29, 0.717) is 17.9 Å². The Bertz CT molecular complexity index is 918. The van der Waals surface area contributed by atoms with Gasteiger partial charge in [-0.05, 0) is 29.8 Å². The Balaban J connectivity index is 2.04. The first-order chi connectivity index (χ1) is 14.1. The van der Waals surface area contributed by atoms with E-state index in [-0.39, 0.29) is 24.5 Å². The monoisotopic (exact) mass is 393 g/mol. The van der Waals surface area contributed by atoms with Crippen LogP contribution in [0, 0.1) is 0 Å². The smallest absolute Gasteiger partial charge is 0.295 e. The van der Waals surface area contributed by atoms with E-state index in [1.54, 1.807) is 30.3 Å². The molecule has 1 aliphatic rings. The molecule has 6 nitrogen and oxygen atoms in total. The van der Waals surface area contributed by atoms with Gasteiger partial charge in [-0.15, -0.1) is 0 Å². The van der Waals surface area contributed by atoms with Crippen LogP contribution in [0.2, 0.25) is 0 Å². The minimum Gasteiger partial charge on any atom is -0.507 e. The molecule has 2 aromatic carbocycles. The summed E-state index contributed by atoms with van der Waals surface area (Å²) in [5.74, 6) is -0.961. The number of ether oxygens (including phenoxy) is 2. The number of hydrogen-bond acceptors (Lipinski definition) is 5. The van der Waals surface area contributed by atoms with E-state index in [1.165, 1.54) is 12.0 Å². The highest BCUT2D eigenvalue weighted by molar-refractivity contribution is 6.46. The number of benzene rings is 2. The third kappa shape index (κ3) is 4.22. The number of carbonyl (C=O) groups is 2. The number of ketones is 1. The molecule has 1 amide bonds. The maximum Gasteiger partial charge on any atom is 0.295 e. The maximum atomic E-state index is 12.8. The van der Waals surface area contributed by atoms with Crippen molar-refractivity contribution < 1.29 is 24.2 Å². The Morgan fingerprint density at radius 3 is 2.45 bits per heavy atom. The predicted octanol–water partition coefficient (Wildman–Crippen LogP) is 3.32. The van der Waals surface area contributed by atoms with Gasteiger partial charge in [0.2, 0.25) is 0 Å². The lowest BCUT2D eigenvalue weighted by Gasteiger charge is -2.25. The van der Waals surface area contributed by atoms with Crippen LogP contribution < -0.4 is 4.74 Å². The Kier molecular flexibility index (Phi) is 6.46. The fourth-order valence-electron chi connectivity index (χ4n) is 3.30. The number of methoxy groups -OCH3 is 1. The summed E-state index contributed by atoms with van der Waals surface area (Å²) >= 11 is 0. The molecule has 1 aliphatic heterocycles. The normalized spacial score (nSPS) is 18.1. The third-order valence-electron chi connectivity index (χ3n) is 4.69. The number of likely N-dealkylation sites (tertiary alicyclic amines) is 1. The molecule has 1 N–H and O–H groups in total. The van der Waals surface area contributed by atoms with Crippen molar-refractivity contribution in [2.75, 3.05) is 26.9 Å². The van der Waals surface area contributed by atoms with Crippen LogP contribution in [-0.2, 0) is 14.3 Å². The van der Waals surface area contributed by atoms with Crippen LogP contribution >= 0.6 is 0 Å². The number of Topliss-reactive ketones (excluding diaryl/α,β-unsaturated/α-hetero) is 1. The minimum atomic E-state index is -0.709. The molecular formula is C23H23NO5. The van der Waals surface area contributed by atoms with E-state index in [0.717, 1.165) is 5.56 Å². The molecule has 2 aromatic rings. The molecule has 0 saturated carbocycles. The summed E-state index contributed by atoms with van der Waals surface area (Å²) in [4.78, 5) is 26.9. The highest BCUT2D eigenvalue weighted by Crippen LogP contribution is 2.39.